The fourth-order valence-electron chi connectivity index (χ4n) is 2.58. The Hall–Kier alpha value is -2.11. The van der Waals surface area contributed by atoms with Crippen molar-refractivity contribution in [3.63, 3.8) is 0 Å². The van der Waals surface area contributed by atoms with Crippen molar-refractivity contribution in [3.8, 4) is 0 Å². The van der Waals surface area contributed by atoms with Crippen molar-refractivity contribution in [2.75, 3.05) is 18.5 Å². The van der Waals surface area contributed by atoms with Gasteiger partial charge in [0.15, 0.2) is 0 Å². The lowest BCUT2D eigenvalue weighted by Gasteiger charge is -2.12. The molecule has 24 heavy (non-hydrogen) atoms. The highest BCUT2D eigenvalue weighted by Gasteiger charge is 2.15. The van der Waals surface area contributed by atoms with Crippen molar-refractivity contribution in [2.24, 2.45) is 0 Å². The molecule has 5 nitrogen and oxygen atoms in total. The minimum Gasteiger partial charge on any atom is -0.382 e. The maximum atomic E-state index is 12.2. The van der Waals surface area contributed by atoms with E-state index in [1.54, 1.807) is 24.4 Å². The standard InChI is InChI=1S/C18H20ClN3O2/c19-14-5-3-13(4-6-14)11-22-18(23)17-10-15(7-8-20-17)21-12-16-2-1-9-24-16/h3-8,10,16H,1-2,9,11-12H2,(H,20,21)(H,22,23). The second-order valence-corrected chi connectivity index (χ2v) is 6.19. The first-order valence-electron chi connectivity index (χ1n) is 8.05. The van der Waals surface area contributed by atoms with E-state index in [9.17, 15) is 4.79 Å². The van der Waals surface area contributed by atoms with Crippen LogP contribution in [0.15, 0.2) is 42.6 Å². The molecule has 1 fully saturated rings. The molecular formula is C18H20ClN3O2. The van der Waals surface area contributed by atoms with Crippen LogP contribution in [0, 0.1) is 0 Å². The zero-order chi connectivity index (χ0) is 16.8. The van der Waals surface area contributed by atoms with Gasteiger partial charge in [0.05, 0.1) is 6.10 Å². The summed E-state index contributed by atoms with van der Waals surface area (Å²) in [5.74, 6) is -0.203. The van der Waals surface area contributed by atoms with Crippen LogP contribution in [0.25, 0.3) is 0 Å². The lowest BCUT2D eigenvalue weighted by molar-refractivity contribution is 0.0946. The third-order valence-electron chi connectivity index (χ3n) is 3.92. The van der Waals surface area contributed by atoms with Gasteiger partial charge in [-0.1, -0.05) is 23.7 Å². The van der Waals surface area contributed by atoms with Crippen LogP contribution < -0.4 is 10.6 Å². The summed E-state index contributed by atoms with van der Waals surface area (Å²) in [6.45, 7) is 2.02. The molecule has 0 aliphatic carbocycles. The van der Waals surface area contributed by atoms with Gasteiger partial charge in [-0.05, 0) is 42.7 Å². The maximum absolute atomic E-state index is 12.2. The van der Waals surface area contributed by atoms with E-state index in [0.717, 1.165) is 37.2 Å². The smallest absolute Gasteiger partial charge is 0.270 e. The number of rotatable bonds is 6. The summed E-state index contributed by atoms with van der Waals surface area (Å²) in [5.41, 5.74) is 2.25. The SMILES string of the molecule is O=C(NCc1ccc(Cl)cc1)c1cc(NCC2CCCO2)ccn1. The highest BCUT2D eigenvalue weighted by Crippen LogP contribution is 2.14. The summed E-state index contributed by atoms with van der Waals surface area (Å²) in [4.78, 5) is 16.4. The normalized spacial score (nSPS) is 16.8. The van der Waals surface area contributed by atoms with Gasteiger partial charge in [0.25, 0.3) is 5.91 Å². The first kappa shape index (κ1) is 16.7. The Morgan fingerprint density at radius 1 is 1.29 bits per heavy atom. The van der Waals surface area contributed by atoms with E-state index in [-0.39, 0.29) is 12.0 Å². The van der Waals surface area contributed by atoms with E-state index >= 15 is 0 Å². The molecule has 0 saturated carbocycles. The molecule has 2 N–H and O–H groups in total. The van der Waals surface area contributed by atoms with E-state index in [0.29, 0.717) is 17.3 Å². The molecule has 6 heteroatoms. The van der Waals surface area contributed by atoms with Gasteiger partial charge in [-0.15, -0.1) is 0 Å². The maximum Gasteiger partial charge on any atom is 0.270 e. The van der Waals surface area contributed by atoms with Crippen LogP contribution in [-0.4, -0.2) is 30.1 Å². The number of hydrogen-bond acceptors (Lipinski definition) is 4. The van der Waals surface area contributed by atoms with Crippen LogP contribution in [0.2, 0.25) is 5.02 Å². The summed E-state index contributed by atoms with van der Waals surface area (Å²) in [6, 6.07) is 11.0. The molecule has 1 aromatic heterocycles. The molecule has 1 atom stereocenters. The molecule has 1 unspecified atom stereocenters. The molecule has 1 amide bonds. The van der Waals surface area contributed by atoms with Crippen LogP contribution in [0.5, 0.6) is 0 Å². The molecule has 0 bridgehead atoms. The summed E-state index contributed by atoms with van der Waals surface area (Å²) < 4.78 is 5.58. The number of ether oxygens (including phenoxy) is 1. The van der Waals surface area contributed by atoms with Gasteiger partial charge in [0.1, 0.15) is 5.69 Å². The van der Waals surface area contributed by atoms with Crippen molar-refractivity contribution < 1.29 is 9.53 Å². The van der Waals surface area contributed by atoms with Gasteiger partial charge < -0.3 is 15.4 Å². The molecule has 0 radical (unpaired) electrons. The van der Waals surface area contributed by atoms with Crippen molar-refractivity contribution in [1.82, 2.24) is 10.3 Å². The predicted octanol–water partition coefficient (Wildman–Crippen LogP) is 3.26. The molecule has 2 aromatic rings. The van der Waals surface area contributed by atoms with E-state index in [2.05, 4.69) is 15.6 Å². The van der Waals surface area contributed by atoms with E-state index < -0.39 is 0 Å². The number of benzene rings is 1. The van der Waals surface area contributed by atoms with Gasteiger partial charge >= 0.3 is 0 Å². The quantitative estimate of drug-likeness (QED) is 0.843. The topological polar surface area (TPSA) is 63.2 Å². The first-order chi connectivity index (χ1) is 11.7. The summed E-state index contributed by atoms with van der Waals surface area (Å²) >= 11 is 5.85. The zero-order valence-corrected chi connectivity index (χ0v) is 14.1. The number of amides is 1. The monoisotopic (exact) mass is 345 g/mol. The largest absolute Gasteiger partial charge is 0.382 e. The Labute approximate surface area is 146 Å². The van der Waals surface area contributed by atoms with Crippen molar-refractivity contribution in [1.29, 1.82) is 0 Å². The number of pyridine rings is 1. The van der Waals surface area contributed by atoms with Crippen LogP contribution in [0.1, 0.15) is 28.9 Å². The number of nitrogens with one attached hydrogen (secondary N) is 2. The molecule has 126 valence electrons. The molecule has 1 saturated heterocycles. The Kier molecular flexibility index (Phi) is 5.67. The molecule has 1 aliphatic heterocycles. The molecule has 3 rings (SSSR count). The summed E-state index contributed by atoms with van der Waals surface area (Å²) in [7, 11) is 0. The van der Waals surface area contributed by atoms with Gasteiger partial charge in [-0.2, -0.15) is 0 Å². The first-order valence-corrected chi connectivity index (χ1v) is 8.43. The van der Waals surface area contributed by atoms with Crippen LogP contribution in [0.3, 0.4) is 0 Å². The number of nitrogens with zero attached hydrogens (tertiary/aromatic N) is 1. The Balaban J connectivity index is 1.54. The number of hydrogen-bond donors (Lipinski definition) is 2. The number of aromatic nitrogens is 1. The van der Waals surface area contributed by atoms with Crippen molar-refractivity contribution in [2.45, 2.75) is 25.5 Å². The van der Waals surface area contributed by atoms with Crippen LogP contribution in [-0.2, 0) is 11.3 Å². The van der Waals surface area contributed by atoms with Gasteiger partial charge in [-0.25, -0.2) is 0 Å². The molecule has 0 spiro atoms. The summed E-state index contributed by atoms with van der Waals surface area (Å²) in [5, 5.41) is 6.84. The summed E-state index contributed by atoms with van der Waals surface area (Å²) in [6.07, 6.45) is 4.07. The number of carbonyl (C=O) groups excluding carboxylic acids is 1. The highest BCUT2D eigenvalue weighted by molar-refractivity contribution is 6.30. The zero-order valence-electron chi connectivity index (χ0n) is 13.3. The Morgan fingerprint density at radius 3 is 2.88 bits per heavy atom. The molecular weight excluding hydrogens is 326 g/mol. The van der Waals surface area contributed by atoms with Crippen LogP contribution >= 0.6 is 11.6 Å². The van der Waals surface area contributed by atoms with Gasteiger partial charge in [-0.3, -0.25) is 9.78 Å². The van der Waals surface area contributed by atoms with Crippen molar-refractivity contribution >= 4 is 23.2 Å². The van der Waals surface area contributed by atoms with E-state index in [1.165, 1.54) is 0 Å². The van der Waals surface area contributed by atoms with Crippen LogP contribution in [0.4, 0.5) is 5.69 Å². The number of halogens is 1. The second kappa shape index (κ2) is 8.13. The third kappa shape index (κ3) is 4.69. The predicted molar refractivity (Wildman–Crippen MR) is 94.3 cm³/mol. The van der Waals surface area contributed by atoms with E-state index in [1.807, 2.05) is 18.2 Å². The third-order valence-corrected chi connectivity index (χ3v) is 4.17. The fourth-order valence-corrected chi connectivity index (χ4v) is 2.70. The highest BCUT2D eigenvalue weighted by atomic mass is 35.5. The van der Waals surface area contributed by atoms with Gasteiger partial charge in [0, 0.05) is 36.6 Å². The molecule has 2 heterocycles. The number of carbonyl (C=O) groups is 1. The lowest BCUT2D eigenvalue weighted by atomic mass is 10.2. The average Bonchev–Trinajstić information content (AvgIpc) is 3.13. The Bertz CT molecular complexity index is 685. The van der Waals surface area contributed by atoms with Gasteiger partial charge in [0.2, 0.25) is 0 Å². The van der Waals surface area contributed by atoms with Crippen molar-refractivity contribution in [3.05, 3.63) is 58.9 Å². The lowest BCUT2D eigenvalue weighted by Crippen LogP contribution is -2.24. The minimum atomic E-state index is -0.203. The second-order valence-electron chi connectivity index (χ2n) is 5.75. The fraction of sp³-hybridized carbons (Fsp3) is 0.333. The molecule has 1 aliphatic rings. The average molecular weight is 346 g/mol. The minimum absolute atomic E-state index is 0.203. The Morgan fingerprint density at radius 2 is 2.12 bits per heavy atom. The van der Waals surface area contributed by atoms with E-state index in [4.69, 9.17) is 16.3 Å². The number of anilines is 1. The molecule has 1 aromatic carbocycles.